The number of hydrogen-bond acceptors (Lipinski definition) is 3. The molecule has 0 radical (unpaired) electrons. The Kier molecular flexibility index (Phi) is 5.11. The molecular formula is C15H27N3O2S. The summed E-state index contributed by atoms with van der Waals surface area (Å²) in [5.74, 6) is 0. The van der Waals surface area contributed by atoms with Crippen LogP contribution in [0, 0.1) is 0 Å². The van der Waals surface area contributed by atoms with Crippen LogP contribution in [0.15, 0.2) is 17.2 Å². The second-order valence-corrected chi connectivity index (χ2v) is 7.64. The summed E-state index contributed by atoms with van der Waals surface area (Å²) >= 11 is 0. The lowest BCUT2D eigenvalue weighted by Crippen LogP contribution is -2.46. The largest absolute Gasteiger partial charge is 0.363 e. The fourth-order valence-corrected chi connectivity index (χ4v) is 4.16. The highest BCUT2D eigenvalue weighted by molar-refractivity contribution is 7.89. The molecule has 1 fully saturated rings. The molecule has 1 aliphatic carbocycles. The molecule has 1 aromatic heterocycles. The Hall–Kier alpha value is -0.850. The van der Waals surface area contributed by atoms with Gasteiger partial charge in [0.15, 0.2) is 0 Å². The second-order valence-electron chi connectivity index (χ2n) is 5.96. The van der Waals surface area contributed by atoms with E-state index in [2.05, 4.69) is 15.0 Å². The van der Waals surface area contributed by atoms with Crippen molar-refractivity contribution in [2.75, 3.05) is 0 Å². The number of aromatic amines is 1. The Bertz CT molecular complexity index is 549. The first-order chi connectivity index (χ1) is 9.94. The lowest BCUT2D eigenvalue weighted by atomic mass is 9.91. The molecule has 0 amide bonds. The van der Waals surface area contributed by atoms with Crippen LogP contribution in [-0.2, 0) is 16.6 Å². The van der Waals surface area contributed by atoms with Crippen molar-refractivity contribution in [3.05, 3.63) is 18.0 Å². The Balaban J connectivity index is 2.07. The van der Waals surface area contributed by atoms with Crippen molar-refractivity contribution >= 4 is 10.0 Å². The Morgan fingerprint density at radius 1 is 1.24 bits per heavy atom. The average molecular weight is 313 g/mol. The van der Waals surface area contributed by atoms with Crippen molar-refractivity contribution in [3.63, 3.8) is 0 Å². The number of aromatic nitrogens is 1. The van der Waals surface area contributed by atoms with Gasteiger partial charge in [-0.05, 0) is 38.2 Å². The van der Waals surface area contributed by atoms with Gasteiger partial charge in [-0.3, -0.25) is 0 Å². The third kappa shape index (κ3) is 4.08. The predicted octanol–water partition coefficient (Wildman–Crippen LogP) is 2.51. The fraction of sp³-hybridized carbons (Fsp3) is 0.733. The summed E-state index contributed by atoms with van der Waals surface area (Å²) in [4.78, 5) is 3.38. The molecule has 21 heavy (non-hydrogen) atoms. The van der Waals surface area contributed by atoms with Crippen molar-refractivity contribution in [2.45, 2.75) is 75.9 Å². The summed E-state index contributed by atoms with van der Waals surface area (Å²) in [6.45, 7) is 6.77. The van der Waals surface area contributed by atoms with Crippen molar-refractivity contribution in [3.8, 4) is 0 Å². The van der Waals surface area contributed by atoms with Crippen LogP contribution in [0.2, 0.25) is 0 Å². The zero-order chi connectivity index (χ0) is 15.5. The zero-order valence-electron chi connectivity index (χ0n) is 13.2. The molecule has 1 saturated carbocycles. The molecule has 2 rings (SSSR count). The van der Waals surface area contributed by atoms with Crippen LogP contribution in [0.1, 0.15) is 58.6 Å². The van der Waals surface area contributed by atoms with E-state index in [1.807, 2.05) is 20.8 Å². The molecule has 0 saturated heterocycles. The molecule has 0 aromatic carbocycles. The van der Waals surface area contributed by atoms with Crippen molar-refractivity contribution in [1.29, 1.82) is 0 Å². The van der Waals surface area contributed by atoms with Gasteiger partial charge in [0, 0.05) is 30.0 Å². The first kappa shape index (κ1) is 16.5. The van der Waals surface area contributed by atoms with Crippen LogP contribution in [0.25, 0.3) is 0 Å². The van der Waals surface area contributed by atoms with Gasteiger partial charge in [0.2, 0.25) is 10.0 Å². The maximum absolute atomic E-state index is 12.5. The van der Waals surface area contributed by atoms with Gasteiger partial charge in [0.1, 0.15) is 0 Å². The zero-order valence-corrected chi connectivity index (χ0v) is 14.0. The van der Waals surface area contributed by atoms with Gasteiger partial charge in [-0.2, -0.15) is 0 Å². The van der Waals surface area contributed by atoms with Gasteiger partial charge in [0.05, 0.1) is 4.90 Å². The van der Waals surface area contributed by atoms with Crippen LogP contribution < -0.4 is 10.0 Å². The first-order valence-corrected chi connectivity index (χ1v) is 9.37. The Labute approximate surface area is 128 Å². The van der Waals surface area contributed by atoms with Gasteiger partial charge in [-0.15, -0.1) is 0 Å². The van der Waals surface area contributed by atoms with Gasteiger partial charge >= 0.3 is 0 Å². The molecule has 0 spiro atoms. The normalized spacial score (nSPS) is 16.3. The smallest absolute Gasteiger partial charge is 0.242 e. The van der Waals surface area contributed by atoms with Gasteiger partial charge in [0.25, 0.3) is 0 Å². The third-order valence-corrected chi connectivity index (χ3v) is 6.12. The first-order valence-electron chi connectivity index (χ1n) is 7.89. The average Bonchev–Trinajstić information content (AvgIpc) is 3.18. The van der Waals surface area contributed by atoms with Crippen LogP contribution >= 0.6 is 0 Å². The highest BCUT2D eigenvalue weighted by Crippen LogP contribution is 2.23. The van der Waals surface area contributed by atoms with Crippen LogP contribution in [0.3, 0.4) is 0 Å². The topological polar surface area (TPSA) is 74.0 Å². The van der Waals surface area contributed by atoms with Crippen molar-refractivity contribution in [1.82, 2.24) is 15.0 Å². The fourth-order valence-electron chi connectivity index (χ4n) is 2.53. The maximum atomic E-state index is 12.5. The number of hydrogen-bond donors (Lipinski definition) is 3. The molecule has 0 bridgehead atoms. The molecule has 3 N–H and O–H groups in total. The molecule has 1 aliphatic rings. The summed E-state index contributed by atoms with van der Waals surface area (Å²) in [5.41, 5.74) is 0.570. The van der Waals surface area contributed by atoms with E-state index in [1.165, 1.54) is 12.8 Å². The standard InChI is InChI=1S/C15H27N3O2S/c1-4-15(5-2,6-3)18-21(19,20)14-9-13(17-11-14)10-16-12-7-8-12/h9,11-12,16-18H,4-8,10H2,1-3H3. The number of sulfonamides is 1. The summed E-state index contributed by atoms with van der Waals surface area (Å²) in [7, 11) is -3.47. The molecule has 120 valence electrons. The van der Waals surface area contributed by atoms with Crippen molar-refractivity contribution < 1.29 is 8.42 Å². The molecule has 1 heterocycles. The minimum Gasteiger partial charge on any atom is -0.363 e. The molecule has 5 nitrogen and oxygen atoms in total. The van der Waals surface area contributed by atoms with Gasteiger partial charge in [-0.25, -0.2) is 13.1 Å². The molecule has 0 unspecified atom stereocenters. The minimum absolute atomic E-state index is 0.329. The van der Waals surface area contributed by atoms with E-state index in [0.29, 0.717) is 17.5 Å². The second kappa shape index (κ2) is 6.50. The highest BCUT2D eigenvalue weighted by atomic mass is 32.2. The van der Waals surface area contributed by atoms with E-state index < -0.39 is 10.0 Å². The molecule has 0 atom stereocenters. The molecule has 1 aromatic rings. The summed E-state index contributed by atoms with van der Waals surface area (Å²) in [5, 5.41) is 3.37. The van der Waals surface area contributed by atoms with E-state index in [9.17, 15) is 8.42 Å². The van der Waals surface area contributed by atoms with E-state index >= 15 is 0 Å². The minimum atomic E-state index is -3.47. The summed E-state index contributed by atoms with van der Waals surface area (Å²) in [6, 6.07) is 2.34. The van der Waals surface area contributed by atoms with E-state index in [0.717, 1.165) is 25.0 Å². The summed E-state index contributed by atoms with van der Waals surface area (Å²) in [6.07, 6.45) is 6.40. The number of nitrogens with one attached hydrogen (secondary N) is 3. The quantitative estimate of drug-likeness (QED) is 0.656. The highest BCUT2D eigenvalue weighted by Gasteiger charge is 2.31. The van der Waals surface area contributed by atoms with Crippen molar-refractivity contribution in [2.24, 2.45) is 0 Å². The molecule has 0 aliphatic heterocycles. The van der Waals surface area contributed by atoms with Gasteiger partial charge in [-0.1, -0.05) is 20.8 Å². The van der Waals surface area contributed by atoms with E-state index in [4.69, 9.17) is 0 Å². The monoisotopic (exact) mass is 313 g/mol. The Morgan fingerprint density at radius 2 is 1.86 bits per heavy atom. The van der Waals surface area contributed by atoms with Crippen LogP contribution in [0.4, 0.5) is 0 Å². The lowest BCUT2D eigenvalue weighted by Gasteiger charge is -2.31. The van der Waals surface area contributed by atoms with E-state index in [-0.39, 0.29) is 5.54 Å². The SMILES string of the molecule is CCC(CC)(CC)NS(=O)(=O)c1c[nH]c(CNC2CC2)c1. The third-order valence-electron chi connectivity index (χ3n) is 4.57. The number of H-pyrrole nitrogens is 1. The summed E-state index contributed by atoms with van der Waals surface area (Å²) < 4.78 is 28.0. The molecular weight excluding hydrogens is 286 g/mol. The molecule has 6 heteroatoms. The van der Waals surface area contributed by atoms with E-state index in [1.54, 1.807) is 12.3 Å². The number of rotatable bonds is 9. The van der Waals surface area contributed by atoms with Crippen LogP contribution in [0.5, 0.6) is 0 Å². The van der Waals surface area contributed by atoms with Crippen LogP contribution in [-0.4, -0.2) is 25.0 Å². The predicted molar refractivity (Wildman–Crippen MR) is 84.6 cm³/mol. The Morgan fingerprint density at radius 3 is 2.38 bits per heavy atom. The maximum Gasteiger partial charge on any atom is 0.242 e. The lowest BCUT2D eigenvalue weighted by molar-refractivity contribution is 0.341. The van der Waals surface area contributed by atoms with Gasteiger partial charge < -0.3 is 10.3 Å².